The molecule has 0 fully saturated rings. The Morgan fingerprint density at radius 3 is 2.25 bits per heavy atom. The van der Waals surface area contributed by atoms with Gasteiger partial charge in [0.2, 0.25) is 0 Å². The summed E-state index contributed by atoms with van der Waals surface area (Å²) in [5.41, 5.74) is 0. The molecule has 0 bridgehead atoms. The number of rotatable bonds is 9. The summed E-state index contributed by atoms with van der Waals surface area (Å²) in [6, 6.07) is 7.42. The highest BCUT2D eigenvalue weighted by Gasteiger charge is 2.07. The zero-order valence-electron chi connectivity index (χ0n) is 12.3. The number of nitriles is 1. The molecule has 1 unspecified atom stereocenters. The maximum absolute atomic E-state index is 9.01. The molecule has 1 N–H and O–H groups in total. The van der Waals surface area contributed by atoms with Crippen molar-refractivity contribution in [2.24, 2.45) is 0 Å². The van der Waals surface area contributed by atoms with Gasteiger partial charge >= 0.3 is 0 Å². The van der Waals surface area contributed by atoms with Gasteiger partial charge in [0.1, 0.15) is 17.2 Å². The average molecular weight is 278 g/mol. The van der Waals surface area contributed by atoms with Crippen LogP contribution in [0.15, 0.2) is 18.2 Å². The largest absolute Gasteiger partial charge is 0.496 e. The van der Waals surface area contributed by atoms with E-state index in [0.717, 1.165) is 13.0 Å². The lowest BCUT2D eigenvalue weighted by atomic mass is 10.2. The van der Waals surface area contributed by atoms with Crippen LogP contribution < -0.4 is 19.5 Å². The fraction of sp³-hybridized carbons (Fsp3) is 0.533. The van der Waals surface area contributed by atoms with E-state index in [1.54, 1.807) is 32.4 Å². The van der Waals surface area contributed by atoms with Crippen molar-refractivity contribution in [1.29, 1.82) is 5.26 Å². The number of ether oxygens (including phenoxy) is 3. The second kappa shape index (κ2) is 9.05. The van der Waals surface area contributed by atoms with E-state index >= 15 is 0 Å². The topological polar surface area (TPSA) is 63.5 Å². The molecule has 0 saturated heterocycles. The van der Waals surface area contributed by atoms with Crippen LogP contribution in [0.5, 0.6) is 17.2 Å². The van der Waals surface area contributed by atoms with Crippen LogP contribution in [0.4, 0.5) is 0 Å². The minimum atomic E-state index is -0.178. The van der Waals surface area contributed by atoms with Gasteiger partial charge in [-0.3, -0.25) is 0 Å². The zero-order chi connectivity index (χ0) is 14.8. The lowest BCUT2D eigenvalue weighted by Gasteiger charge is -2.13. The Balaban J connectivity index is 2.50. The summed E-state index contributed by atoms with van der Waals surface area (Å²) in [6.45, 7) is 3.37. The van der Waals surface area contributed by atoms with Crippen LogP contribution in [-0.4, -0.2) is 33.4 Å². The molecule has 1 atom stereocenters. The van der Waals surface area contributed by atoms with E-state index in [1.165, 1.54) is 0 Å². The summed E-state index contributed by atoms with van der Waals surface area (Å²) in [5.74, 6) is 2.04. The smallest absolute Gasteiger partial charge is 0.126 e. The van der Waals surface area contributed by atoms with Crippen LogP contribution in [0.3, 0.4) is 0 Å². The zero-order valence-corrected chi connectivity index (χ0v) is 12.3. The Bertz CT molecular complexity index is 421. The van der Waals surface area contributed by atoms with Crippen molar-refractivity contribution in [3.8, 4) is 23.3 Å². The van der Waals surface area contributed by atoms with Gasteiger partial charge in [-0.15, -0.1) is 0 Å². The summed E-state index contributed by atoms with van der Waals surface area (Å²) >= 11 is 0. The molecule has 1 aromatic carbocycles. The Kier molecular flexibility index (Phi) is 7.30. The summed E-state index contributed by atoms with van der Waals surface area (Å²) in [4.78, 5) is 0. The molecular formula is C15H22N2O3. The third-order valence-electron chi connectivity index (χ3n) is 2.80. The van der Waals surface area contributed by atoms with Crippen molar-refractivity contribution < 1.29 is 14.2 Å². The van der Waals surface area contributed by atoms with Crippen molar-refractivity contribution in [3.63, 3.8) is 0 Å². The van der Waals surface area contributed by atoms with Crippen molar-refractivity contribution in [1.82, 2.24) is 5.32 Å². The highest BCUT2D eigenvalue weighted by molar-refractivity contribution is 5.41. The molecule has 1 aromatic rings. The fourth-order valence-electron chi connectivity index (χ4n) is 1.69. The van der Waals surface area contributed by atoms with E-state index in [1.807, 2.05) is 0 Å². The van der Waals surface area contributed by atoms with E-state index in [0.29, 0.717) is 30.3 Å². The van der Waals surface area contributed by atoms with Gasteiger partial charge in [0.25, 0.3) is 0 Å². The molecule has 0 radical (unpaired) electrons. The van der Waals surface area contributed by atoms with Crippen molar-refractivity contribution >= 4 is 0 Å². The van der Waals surface area contributed by atoms with E-state index in [4.69, 9.17) is 19.5 Å². The normalized spacial score (nSPS) is 11.5. The quantitative estimate of drug-likeness (QED) is 0.751. The predicted octanol–water partition coefficient (Wildman–Crippen LogP) is 2.36. The summed E-state index contributed by atoms with van der Waals surface area (Å²) in [7, 11) is 3.19. The van der Waals surface area contributed by atoms with Crippen molar-refractivity contribution in [3.05, 3.63) is 18.2 Å². The number of hydrogen-bond acceptors (Lipinski definition) is 5. The second-order valence-electron chi connectivity index (χ2n) is 4.32. The van der Waals surface area contributed by atoms with Crippen LogP contribution in [0, 0.1) is 11.3 Å². The monoisotopic (exact) mass is 278 g/mol. The van der Waals surface area contributed by atoms with Gasteiger partial charge in [-0.05, 0) is 13.0 Å². The van der Waals surface area contributed by atoms with Crippen molar-refractivity contribution in [2.75, 3.05) is 27.4 Å². The molecule has 0 aliphatic heterocycles. The highest BCUT2D eigenvalue weighted by Crippen LogP contribution is 2.27. The van der Waals surface area contributed by atoms with E-state index in [-0.39, 0.29) is 6.04 Å². The van der Waals surface area contributed by atoms with Crippen LogP contribution in [0.1, 0.15) is 19.8 Å². The molecule has 0 aromatic heterocycles. The first-order chi connectivity index (χ1) is 9.73. The first-order valence-corrected chi connectivity index (χ1v) is 6.72. The molecule has 0 aliphatic rings. The number of methoxy groups -OCH3 is 2. The number of benzene rings is 1. The average Bonchev–Trinajstić information content (AvgIpc) is 2.50. The molecule has 0 heterocycles. The summed E-state index contributed by atoms with van der Waals surface area (Å²) in [5, 5.41) is 12.2. The lowest BCUT2D eigenvalue weighted by molar-refractivity contribution is 0.293. The van der Waals surface area contributed by atoms with E-state index < -0.39 is 0 Å². The van der Waals surface area contributed by atoms with Crippen LogP contribution in [0.2, 0.25) is 0 Å². The molecule has 20 heavy (non-hydrogen) atoms. The standard InChI is InChI=1S/C15H22N2O3/c1-4-6-17-12(11-16)5-7-20-15-9-13(18-2)8-14(10-15)19-3/h8-10,12,17H,4-7H2,1-3H3. The van der Waals surface area contributed by atoms with Gasteiger partial charge in [0.05, 0.1) is 32.9 Å². The van der Waals surface area contributed by atoms with Crippen LogP contribution in [-0.2, 0) is 0 Å². The van der Waals surface area contributed by atoms with Crippen LogP contribution in [0.25, 0.3) is 0 Å². The van der Waals surface area contributed by atoms with Gasteiger partial charge in [-0.1, -0.05) is 6.92 Å². The van der Waals surface area contributed by atoms with Gasteiger partial charge in [-0.2, -0.15) is 5.26 Å². The Morgan fingerprint density at radius 1 is 1.15 bits per heavy atom. The maximum atomic E-state index is 9.01. The van der Waals surface area contributed by atoms with E-state index in [2.05, 4.69) is 18.3 Å². The molecule has 0 spiro atoms. The summed E-state index contributed by atoms with van der Waals surface area (Å²) in [6.07, 6.45) is 1.64. The molecule has 0 saturated carbocycles. The molecular weight excluding hydrogens is 256 g/mol. The molecule has 1 rings (SSSR count). The molecule has 0 aliphatic carbocycles. The minimum Gasteiger partial charge on any atom is -0.496 e. The molecule has 110 valence electrons. The first-order valence-electron chi connectivity index (χ1n) is 6.72. The molecule has 5 heteroatoms. The minimum absolute atomic E-state index is 0.178. The van der Waals surface area contributed by atoms with Gasteiger partial charge < -0.3 is 19.5 Å². The number of nitrogens with one attached hydrogen (secondary N) is 1. The number of hydrogen-bond donors (Lipinski definition) is 1. The van der Waals surface area contributed by atoms with Gasteiger partial charge in [-0.25, -0.2) is 0 Å². The maximum Gasteiger partial charge on any atom is 0.126 e. The molecule has 0 amide bonds. The highest BCUT2D eigenvalue weighted by atomic mass is 16.5. The summed E-state index contributed by atoms with van der Waals surface area (Å²) < 4.78 is 16.0. The van der Waals surface area contributed by atoms with Crippen LogP contribution >= 0.6 is 0 Å². The first kappa shape index (κ1) is 16.1. The number of nitrogens with zero attached hydrogens (tertiary/aromatic N) is 1. The lowest BCUT2D eigenvalue weighted by Crippen LogP contribution is -2.29. The van der Waals surface area contributed by atoms with E-state index in [9.17, 15) is 0 Å². The molecule has 5 nitrogen and oxygen atoms in total. The SMILES string of the molecule is CCCNC(C#N)CCOc1cc(OC)cc(OC)c1. The Morgan fingerprint density at radius 2 is 1.75 bits per heavy atom. The van der Waals surface area contributed by atoms with Gasteiger partial charge in [0.15, 0.2) is 0 Å². The Hall–Kier alpha value is -1.93. The third-order valence-corrected chi connectivity index (χ3v) is 2.80. The Labute approximate surface area is 120 Å². The van der Waals surface area contributed by atoms with Crippen molar-refractivity contribution in [2.45, 2.75) is 25.8 Å². The van der Waals surface area contributed by atoms with Gasteiger partial charge in [0, 0.05) is 24.6 Å². The third kappa shape index (κ3) is 5.37. The second-order valence-corrected chi connectivity index (χ2v) is 4.32. The fourth-order valence-corrected chi connectivity index (χ4v) is 1.69. The predicted molar refractivity (Wildman–Crippen MR) is 77.4 cm³/mol.